The van der Waals surface area contributed by atoms with Gasteiger partial charge >= 0.3 is 5.97 Å². The molecule has 2 aromatic carbocycles. The summed E-state index contributed by atoms with van der Waals surface area (Å²) in [7, 11) is 0. The normalized spacial score (nSPS) is 10.3. The maximum atomic E-state index is 11.2. The van der Waals surface area contributed by atoms with Gasteiger partial charge in [-0.05, 0) is 37.1 Å². The van der Waals surface area contributed by atoms with Crippen LogP contribution in [-0.4, -0.2) is 17.6 Å². The van der Waals surface area contributed by atoms with Crippen LogP contribution in [0.5, 0.6) is 0 Å². The fourth-order valence-electron chi connectivity index (χ4n) is 2.37. The van der Waals surface area contributed by atoms with E-state index in [4.69, 9.17) is 0 Å². The van der Waals surface area contributed by atoms with Crippen molar-refractivity contribution in [1.29, 1.82) is 0 Å². The number of carboxylic acids is 1. The average molecular weight is 269 g/mol. The van der Waals surface area contributed by atoms with Crippen LogP contribution in [0.2, 0.25) is 0 Å². The third-order valence-electron chi connectivity index (χ3n) is 3.47. The van der Waals surface area contributed by atoms with Gasteiger partial charge in [0, 0.05) is 18.8 Å². The van der Waals surface area contributed by atoms with E-state index in [9.17, 15) is 9.90 Å². The standard InChI is InChI=1S/C17H19NO2/c1-3-18(12-14-8-5-4-6-9-14)16-11-7-10-15(13(16)2)17(19)20/h4-11H,3,12H2,1-2H3,(H,19,20). The number of anilines is 1. The van der Waals surface area contributed by atoms with Gasteiger partial charge in [-0.15, -0.1) is 0 Å². The van der Waals surface area contributed by atoms with Crippen LogP contribution >= 0.6 is 0 Å². The largest absolute Gasteiger partial charge is 0.478 e. The molecule has 0 saturated heterocycles. The van der Waals surface area contributed by atoms with E-state index in [1.165, 1.54) is 5.56 Å². The molecule has 0 aliphatic rings. The molecule has 0 aliphatic carbocycles. The molecule has 0 saturated carbocycles. The fourth-order valence-corrected chi connectivity index (χ4v) is 2.37. The van der Waals surface area contributed by atoms with Crippen molar-refractivity contribution in [3.05, 3.63) is 65.2 Å². The van der Waals surface area contributed by atoms with Crippen molar-refractivity contribution >= 4 is 11.7 Å². The van der Waals surface area contributed by atoms with Gasteiger partial charge in [0.25, 0.3) is 0 Å². The Morgan fingerprint density at radius 1 is 1.10 bits per heavy atom. The van der Waals surface area contributed by atoms with Crippen molar-refractivity contribution in [3.63, 3.8) is 0 Å². The second-order valence-electron chi connectivity index (χ2n) is 4.75. The maximum Gasteiger partial charge on any atom is 0.336 e. The second kappa shape index (κ2) is 6.24. The Morgan fingerprint density at radius 3 is 2.40 bits per heavy atom. The van der Waals surface area contributed by atoms with Crippen molar-refractivity contribution < 1.29 is 9.90 Å². The molecule has 1 N–H and O–H groups in total. The molecule has 0 unspecified atom stereocenters. The van der Waals surface area contributed by atoms with E-state index in [-0.39, 0.29) is 0 Å². The zero-order chi connectivity index (χ0) is 14.5. The van der Waals surface area contributed by atoms with Crippen LogP contribution in [0.1, 0.15) is 28.4 Å². The van der Waals surface area contributed by atoms with Crippen LogP contribution in [0.25, 0.3) is 0 Å². The molecule has 0 bridgehead atoms. The summed E-state index contributed by atoms with van der Waals surface area (Å²) in [4.78, 5) is 13.4. The van der Waals surface area contributed by atoms with E-state index in [1.807, 2.05) is 31.2 Å². The summed E-state index contributed by atoms with van der Waals surface area (Å²) < 4.78 is 0. The Hall–Kier alpha value is -2.29. The highest BCUT2D eigenvalue weighted by Gasteiger charge is 2.14. The van der Waals surface area contributed by atoms with Crippen LogP contribution in [-0.2, 0) is 6.54 Å². The molecule has 20 heavy (non-hydrogen) atoms. The van der Waals surface area contributed by atoms with Crippen LogP contribution in [0.3, 0.4) is 0 Å². The molecule has 0 aliphatic heterocycles. The maximum absolute atomic E-state index is 11.2. The van der Waals surface area contributed by atoms with E-state index < -0.39 is 5.97 Å². The number of hydrogen-bond donors (Lipinski definition) is 1. The van der Waals surface area contributed by atoms with E-state index in [0.29, 0.717) is 5.56 Å². The number of benzene rings is 2. The molecule has 0 fully saturated rings. The lowest BCUT2D eigenvalue weighted by Gasteiger charge is -2.25. The zero-order valence-electron chi connectivity index (χ0n) is 11.8. The third kappa shape index (κ3) is 2.99. The predicted octanol–water partition coefficient (Wildman–Crippen LogP) is 3.72. The molecule has 0 heterocycles. The Kier molecular flexibility index (Phi) is 4.41. The number of aromatic carboxylic acids is 1. The van der Waals surface area contributed by atoms with Gasteiger partial charge in [-0.2, -0.15) is 0 Å². The van der Waals surface area contributed by atoms with Gasteiger partial charge in [-0.3, -0.25) is 0 Å². The number of carboxylic acid groups (broad SMARTS) is 1. The summed E-state index contributed by atoms with van der Waals surface area (Å²) in [5, 5.41) is 9.22. The van der Waals surface area contributed by atoms with Crippen molar-refractivity contribution in [2.45, 2.75) is 20.4 Å². The first-order valence-corrected chi connectivity index (χ1v) is 6.75. The van der Waals surface area contributed by atoms with Gasteiger partial charge in [0.05, 0.1) is 5.56 Å². The minimum Gasteiger partial charge on any atom is -0.478 e. The fraction of sp³-hybridized carbons (Fsp3) is 0.235. The summed E-state index contributed by atoms with van der Waals surface area (Å²) in [5.74, 6) is -0.875. The van der Waals surface area contributed by atoms with Crippen molar-refractivity contribution in [2.75, 3.05) is 11.4 Å². The van der Waals surface area contributed by atoms with Crippen LogP contribution in [0.15, 0.2) is 48.5 Å². The van der Waals surface area contributed by atoms with Gasteiger partial charge in [-0.1, -0.05) is 36.4 Å². The Balaban J connectivity index is 2.33. The van der Waals surface area contributed by atoms with E-state index in [1.54, 1.807) is 12.1 Å². The summed E-state index contributed by atoms with van der Waals surface area (Å²) in [6.07, 6.45) is 0. The number of carbonyl (C=O) groups is 1. The van der Waals surface area contributed by atoms with Gasteiger partial charge in [0.2, 0.25) is 0 Å². The second-order valence-corrected chi connectivity index (χ2v) is 4.75. The summed E-state index contributed by atoms with van der Waals surface area (Å²) in [5.41, 5.74) is 3.39. The van der Waals surface area contributed by atoms with E-state index >= 15 is 0 Å². The van der Waals surface area contributed by atoms with Gasteiger partial charge in [0.15, 0.2) is 0 Å². The minimum atomic E-state index is -0.875. The molecule has 0 atom stereocenters. The van der Waals surface area contributed by atoms with Crippen molar-refractivity contribution in [3.8, 4) is 0 Å². The molecule has 104 valence electrons. The molecule has 2 aromatic rings. The van der Waals surface area contributed by atoms with E-state index in [2.05, 4.69) is 24.0 Å². The zero-order valence-corrected chi connectivity index (χ0v) is 11.8. The molecule has 0 aromatic heterocycles. The Morgan fingerprint density at radius 2 is 1.80 bits per heavy atom. The van der Waals surface area contributed by atoms with Crippen LogP contribution < -0.4 is 4.90 Å². The topological polar surface area (TPSA) is 40.5 Å². The molecule has 2 rings (SSSR count). The number of hydrogen-bond acceptors (Lipinski definition) is 2. The number of rotatable bonds is 5. The molecular weight excluding hydrogens is 250 g/mol. The smallest absolute Gasteiger partial charge is 0.336 e. The van der Waals surface area contributed by atoms with Crippen molar-refractivity contribution in [2.24, 2.45) is 0 Å². The van der Waals surface area contributed by atoms with Gasteiger partial charge in [0.1, 0.15) is 0 Å². The molecule has 0 spiro atoms. The van der Waals surface area contributed by atoms with E-state index in [0.717, 1.165) is 24.3 Å². The van der Waals surface area contributed by atoms with Crippen LogP contribution in [0, 0.1) is 6.92 Å². The van der Waals surface area contributed by atoms with Gasteiger partial charge in [-0.25, -0.2) is 4.79 Å². The lowest BCUT2D eigenvalue weighted by molar-refractivity contribution is 0.0696. The summed E-state index contributed by atoms with van der Waals surface area (Å²) in [6.45, 7) is 5.56. The van der Waals surface area contributed by atoms with Crippen LogP contribution in [0.4, 0.5) is 5.69 Å². The highest BCUT2D eigenvalue weighted by molar-refractivity contribution is 5.91. The Bertz CT molecular complexity index is 593. The quantitative estimate of drug-likeness (QED) is 0.899. The monoisotopic (exact) mass is 269 g/mol. The minimum absolute atomic E-state index is 0.369. The number of nitrogens with zero attached hydrogens (tertiary/aromatic N) is 1. The molecule has 0 amide bonds. The molecular formula is C17H19NO2. The highest BCUT2D eigenvalue weighted by Crippen LogP contribution is 2.24. The third-order valence-corrected chi connectivity index (χ3v) is 3.47. The summed E-state index contributed by atoms with van der Waals surface area (Å²) in [6, 6.07) is 15.6. The van der Waals surface area contributed by atoms with Crippen molar-refractivity contribution in [1.82, 2.24) is 0 Å². The lowest BCUT2D eigenvalue weighted by Crippen LogP contribution is -2.23. The first-order valence-electron chi connectivity index (χ1n) is 6.75. The molecule has 3 heteroatoms. The first-order chi connectivity index (χ1) is 9.63. The van der Waals surface area contributed by atoms with Gasteiger partial charge < -0.3 is 10.0 Å². The average Bonchev–Trinajstić information content (AvgIpc) is 2.46. The summed E-state index contributed by atoms with van der Waals surface area (Å²) >= 11 is 0. The first kappa shape index (κ1) is 14.1. The SMILES string of the molecule is CCN(Cc1ccccc1)c1cccc(C(=O)O)c1C. The Labute approximate surface area is 119 Å². The molecule has 3 nitrogen and oxygen atoms in total. The molecule has 0 radical (unpaired) electrons. The highest BCUT2D eigenvalue weighted by atomic mass is 16.4. The predicted molar refractivity (Wildman–Crippen MR) is 81.3 cm³/mol. The lowest BCUT2D eigenvalue weighted by atomic mass is 10.1.